The smallest absolute Gasteiger partial charge is 0.316 e. The number of hydrogen-bond acceptors (Lipinski definition) is 12. The molecule has 0 fully saturated rings. The van der Waals surface area contributed by atoms with Crippen LogP contribution in [0.2, 0.25) is 0 Å². The average Bonchev–Trinajstić information content (AvgIpc) is 4.36. The predicted molar refractivity (Wildman–Crippen MR) is 288 cm³/mol. The fraction of sp³-hybridized carbons (Fsp3) is 0.0345. The molecule has 79 heavy (non-hydrogen) atoms. The molecule has 0 aliphatic rings. The third kappa shape index (κ3) is 22.0. The molecule has 0 bridgehead atoms. The number of aromatic nitrogens is 8. The molecule has 0 radical (unpaired) electrons. The standard InChI is InChI=1S/C14H6F6.2C10H8N2.2C8H5N2S.C8H4S2.3Pt/c15-13(16,17)11-5-1-3-9(7-11)10-4-2-6-12(8-10)14(18,19)20;2*1-3-7-11-9(5-1)10-6-2-4-8-12-10;2*1-2-8(11-5-1)7-6-9-3-4-10-7;1-3-7(9-5-1)8-4-2-6-10-8;;;/h1-2,5-8H;2*1-8H;2*1,3-6H;1-2,5-6H;;;/q-2;;;2*-1;-2;3*+2. The van der Waals surface area contributed by atoms with Crippen molar-refractivity contribution in [3.63, 3.8) is 0 Å². The first-order valence-electron chi connectivity index (χ1n) is 22.2. The van der Waals surface area contributed by atoms with Gasteiger partial charge < -0.3 is 32.6 Å². The molecule has 10 heterocycles. The summed E-state index contributed by atoms with van der Waals surface area (Å²) in [5, 5.41) is 8.01. The quantitative estimate of drug-likeness (QED) is 0.120. The molecule has 0 spiro atoms. The third-order valence-electron chi connectivity index (χ3n) is 9.40. The van der Waals surface area contributed by atoms with E-state index in [4.69, 9.17) is 0 Å². The number of thiophene rings is 4. The Morgan fingerprint density at radius 2 is 0.620 bits per heavy atom. The van der Waals surface area contributed by atoms with Crippen LogP contribution in [0.1, 0.15) is 11.1 Å². The van der Waals surface area contributed by atoms with Gasteiger partial charge in [0, 0.05) is 49.6 Å². The van der Waals surface area contributed by atoms with Gasteiger partial charge in [-0.25, -0.2) is 45.9 Å². The van der Waals surface area contributed by atoms with Crippen LogP contribution in [-0.2, 0) is 75.5 Å². The van der Waals surface area contributed by atoms with Crippen molar-refractivity contribution in [1.29, 1.82) is 0 Å². The number of alkyl halides is 6. The van der Waals surface area contributed by atoms with Crippen LogP contribution in [0, 0.1) is 36.4 Å². The second-order valence-electron chi connectivity index (χ2n) is 14.6. The van der Waals surface area contributed by atoms with Crippen LogP contribution in [0.5, 0.6) is 0 Å². The Hall–Kier alpha value is -6.36. The third-order valence-corrected chi connectivity index (χ3v) is 12.9. The molecular weight excluding hydrogens is 1640 g/mol. The van der Waals surface area contributed by atoms with Crippen LogP contribution in [0.4, 0.5) is 26.3 Å². The number of rotatable bonds is 6. The summed E-state index contributed by atoms with van der Waals surface area (Å²) in [6.45, 7) is 0. The number of nitrogens with zero attached hydrogens (tertiary/aromatic N) is 8. The van der Waals surface area contributed by atoms with Crippen molar-refractivity contribution >= 4 is 45.3 Å². The summed E-state index contributed by atoms with van der Waals surface area (Å²) in [5.41, 5.74) is 3.36. The van der Waals surface area contributed by atoms with Gasteiger partial charge in [0.25, 0.3) is 0 Å². The zero-order valence-corrected chi connectivity index (χ0v) is 50.3. The fourth-order valence-corrected chi connectivity index (χ4v) is 8.68. The maximum Gasteiger partial charge on any atom is 2.00 e. The van der Waals surface area contributed by atoms with Gasteiger partial charge in [-0.05, 0) is 83.4 Å². The van der Waals surface area contributed by atoms with E-state index in [2.05, 4.69) is 76.3 Å². The molecule has 0 amide bonds. The van der Waals surface area contributed by atoms with Crippen LogP contribution in [0.25, 0.3) is 64.8 Å². The number of benzene rings is 2. The van der Waals surface area contributed by atoms with Crippen molar-refractivity contribution < 1.29 is 89.5 Å². The van der Waals surface area contributed by atoms with Crippen LogP contribution >= 0.6 is 45.3 Å². The first-order chi connectivity index (χ1) is 37.0. The number of hydrogen-bond donors (Lipinski definition) is 0. The van der Waals surface area contributed by atoms with Crippen LogP contribution in [-0.4, -0.2) is 39.9 Å². The van der Waals surface area contributed by atoms with E-state index in [0.29, 0.717) is 0 Å². The molecule has 12 rings (SSSR count). The summed E-state index contributed by atoms with van der Waals surface area (Å²) in [4.78, 5) is 37.4. The molecule has 10 aromatic heterocycles. The van der Waals surface area contributed by atoms with E-state index in [9.17, 15) is 26.3 Å². The van der Waals surface area contributed by atoms with Crippen molar-refractivity contribution in [2.45, 2.75) is 12.4 Å². The van der Waals surface area contributed by atoms with Crippen molar-refractivity contribution in [1.82, 2.24) is 39.9 Å². The van der Waals surface area contributed by atoms with E-state index >= 15 is 0 Å². The summed E-state index contributed by atoms with van der Waals surface area (Å²) in [6.07, 6.45) is 8.11. The average molecular weight is 1670 g/mol. The Morgan fingerprint density at radius 3 is 0.861 bits per heavy atom. The zero-order valence-electron chi connectivity index (χ0n) is 40.2. The normalized spacial score (nSPS) is 10.1. The second-order valence-corrected chi connectivity index (χ2v) is 18.3. The van der Waals surface area contributed by atoms with Crippen molar-refractivity contribution in [2.75, 3.05) is 0 Å². The van der Waals surface area contributed by atoms with Gasteiger partial charge in [-0.2, -0.15) is 109 Å². The minimum Gasteiger partial charge on any atom is -0.316 e. The van der Waals surface area contributed by atoms with Gasteiger partial charge in [0.15, 0.2) is 0 Å². The summed E-state index contributed by atoms with van der Waals surface area (Å²) >= 11 is 6.64. The van der Waals surface area contributed by atoms with Crippen LogP contribution in [0.15, 0.2) is 217 Å². The van der Waals surface area contributed by atoms with Gasteiger partial charge in [0.1, 0.15) is 0 Å². The van der Waals surface area contributed by atoms with Crippen LogP contribution < -0.4 is 0 Å². The largest absolute Gasteiger partial charge is 2.00 e. The molecule has 0 aliphatic carbocycles. The van der Waals surface area contributed by atoms with Gasteiger partial charge in [0.2, 0.25) is 0 Å². The minimum atomic E-state index is -4.56. The van der Waals surface area contributed by atoms with E-state index in [1.165, 1.54) is 9.75 Å². The van der Waals surface area contributed by atoms with E-state index in [0.717, 1.165) is 80.3 Å². The molecule has 404 valence electrons. The predicted octanol–water partition coefficient (Wildman–Crippen LogP) is 16.4. The Morgan fingerprint density at radius 1 is 0.316 bits per heavy atom. The first kappa shape index (κ1) is 65.2. The Kier molecular flexibility index (Phi) is 28.5. The molecule has 0 saturated heterocycles. The fourth-order valence-electron chi connectivity index (χ4n) is 5.98. The Balaban J connectivity index is 0.000000206. The second kappa shape index (κ2) is 34.6. The van der Waals surface area contributed by atoms with Gasteiger partial charge in [0.05, 0.1) is 22.8 Å². The van der Waals surface area contributed by atoms with Crippen molar-refractivity contribution in [2.24, 2.45) is 0 Å². The summed E-state index contributed by atoms with van der Waals surface area (Å²) < 4.78 is 75.3. The van der Waals surface area contributed by atoms with E-state index in [1.54, 1.807) is 107 Å². The molecular formula is C58H36F6N8Pt3S4. The molecule has 0 aliphatic heterocycles. The van der Waals surface area contributed by atoms with E-state index in [-0.39, 0.29) is 74.3 Å². The monoisotopic (exact) mass is 1670 g/mol. The molecule has 0 atom stereocenters. The molecule has 0 saturated carbocycles. The summed E-state index contributed by atoms with van der Waals surface area (Å²) in [5.74, 6) is 0. The van der Waals surface area contributed by atoms with E-state index in [1.807, 2.05) is 119 Å². The van der Waals surface area contributed by atoms with Gasteiger partial charge in [-0.15, -0.1) is 33.7 Å². The van der Waals surface area contributed by atoms with Crippen molar-refractivity contribution in [3.8, 4) is 64.8 Å². The molecule has 0 unspecified atom stereocenters. The first-order valence-corrected chi connectivity index (χ1v) is 25.7. The molecule has 0 N–H and O–H groups in total. The van der Waals surface area contributed by atoms with Crippen molar-refractivity contribution in [3.05, 3.63) is 264 Å². The zero-order chi connectivity index (χ0) is 53.3. The summed E-state index contributed by atoms with van der Waals surface area (Å²) in [6, 6.07) is 53.3. The molecule has 12 aromatic rings. The number of halogens is 6. The maximum atomic E-state index is 12.5. The molecule has 21 heteroatoms. The van der Waals surface area contributed by atoms with E-state index < -0.39 is 23.5 Å². The van der Waals surface area contributed by atoms with Gasteiger partial charge in [-0.1, -0.05) is 34.0 Å². The maximum absolute atomic E-state index is 12.5. The summed E-state index contributed by atoms with van der Waals surface area (Å²) in [7, 11) is 0. The molecule has 2 aromatic carbocycles. The van der Waals surface area contributed by atoms with Crippen LogP contribution in [0.3, 0.4) is 0 Å². The molecule has 8 nitrogen and oxygen atoms in total. The van der Waals surface area contributed by atoms with Gasteiger partial charge in [-0.3, -0.25) is 29.9 Å². The topological polar surface area (TPSA) is 103 Å². The Bertz CT molecular complexity index is 3130. The Labute approximate surface area is 511 Å². The number of pyridine rings is 4. The minimum absolute atomic E-state index is 0. The SMILES string of the molecule is FC(F)(F)c1cc[c-]c(-c2[c-]ccc(C(F)(F)F)c2)c1.[Pt+2].[Pt+2].[Pt+2].[c-]1ccsc1-c1[c-]ccs1.[c-]1ccsc1-c1cnccn1.[c-]1ccsc1-c1cnccn1.c1ccc(-c2ccccn2)nc1.c1ccc(-c2ccccn2)nc1. The van der Waals surface area contributed by atoms with Gasteiger partial charge >= 0.3 is 75.5 Å².